The van der Waals surface area contributed by atoms with Crippen molar-refractivity contribution in [2.75, 3.05) is 44.2 Å². The second-order valence-electron chi connectivity index (χ2n) is 6.85. The number of rotatable bonds is 5. The zero-order valence-corrected chi connectivity index (χ0v) is 14.1. The molecule has 1 atom stereocenters. The van der Waals surface area contributed by atoms with Crippen LogP contribution in [0.5, 0.6) is 0 Å². The third-order valence-electron chi connectivity index (χ3n) is 5.27. The van der Waals surface area contributed by atoms with Crippen molar-refractivity contribution in [3.63, 3.8) is 0 Å². The number of piperazine rings is 1. The first kappa shape index (κ1) is 15.6. The molecule has 0 bridgehead atoms. The highest BCUT2D eigenvalue weighted by Crippen LogP contribution is 2.21. The number of likely N-dealkylation sites (tertiary alicyclic amines) is 1. The minimum Gasteiger partial charge on any atom is -0.339 e. The van der Waals surface area contributed by atoms with Crippen LogP contribution in [0.15, 0.2) is 36.7 Å². The average Bonchev–Trinajstić information content (AvgIpc) is 3.29. The van der Waals surface area contributed by atoms with Gasteiger partial charge in [0.15, 0.2) is 0 Å². The Hall–Kier alpha value is -1.92. The van der Waals surface area contributed by atoms with E-state index in [2.05, 4.69) is 60.2 Å². The van der Waals surface area contributed by atoms with Gasteiger partial charge in [-0.25, -0.2) is 5.10 Å². The molecule has 6 nitrogen and oxygen atoms in total. The number of hydrogen-bond donors (Lipinski definition) is 1. The summed E-state index contributed by atoms with van der Waals surface area (Å²) >= 11 is 0. The predicted octanol–water partition coefficient (Wildman–Crippen LogP) is 1.59. The Morgan fingerprint density at radius 3 is 2.62 bits per heavy atom. The van der Waals surface area contributed by atoms with Crippen LogP contribution in [0.1, 0.15) is 18.4 Å². The van der Waals surface area contributed by atoms with Crippen molar-refractivity contribution >= 4 is 5.95 Å². The van der Waals surface area contributed by atoms with Crippen molar-refractivity contribution in [1.29, 1.82) is 0 Å². The van der Waals surface area contributed by atoms with E-state index in [0.29, 0.717) is 6.04 Å². The lowest BCUT2D eigenvalue weighted by Gasteiger charge is -2.37. The quantitative estimate of drug-likeness (QED) is 0.904. The van der Waals surface area contributed by atoms with Crippen LogP contribution in [0.4, 0.5) is 5.95 Å². The van der Waals surface area contributed by atoms with Crippen LogP contribution >= 0.6 is 0 Å². The molecule has 2 aliphatic heterocycles. The Morgan fingerprint density at radius 1 is 1.04 bits per heavy atom. The molecule has 4 rings (SSSR count). The number of hydrogen-bond acceptors (Lipinski definition) is 5. The van der Waals surface area contributed by atoms with Crippen LogP contribution in [0, 0.1) is 0 Å². The maximum Gasteiger partial charge on any atom is 0.221 e. The molecular formula is C18H26N6. The molecule has 2 aliphatic rings. The topological polar surface area (TPSA) is 51.3 Å². The van der Waals surface area contributed by atoms with Gasteiger partial charge in [-0.15, -0.1) is 0 Å². The van der Waals surface area contributed by atoms with Crippen molar-refractivity contribution in [2.24, 2.45) is 0 Å². The smallest absolute Gasteiger partial charge is 0.221 e. The van der Waals surface area contributed by atoms with Gasteiger partial charge in [0.05, 0.1) is 0 Å². The molecule has 24 heavy (non-hydrogen) atoms. The van der Waals surface area contributed by atoms with Crippen LogP contribution in [-0.4, -0.2) is 70.3 Å². The second-order valence-corrected chi connectivity index (χ2v) is 6.85. The van der Waals surface area contributed by atoms with E-state index in [-0.39, 0.29) is 0 Å². The molecule has 1 N–H and O–H groups in total. The molecule has 2 saturated heterocycles. The largest absolute Gasteiger partial charge is 0.339 e. The Kier molecular flexibility index (Phi) is 4.76. The number of benzene rings is 1. The maximum atomic E-state index is 4.26. The Bertz CT molecular complexity index is 606. The lowest BCUT2D eigenvalue weighted by atomic mass is 10.1. The van der Waals surface area contributed by atoms with Gasteiger partial charge in [0.1, 0.15) is 6.33 Å². The fourth-order valence-corrected chi connectivity index (χ4v) is 3.92. The summed E-state index contributed by atoms with van der Waals surface area (Å²) in [7, 11) is 0. The van der Waals surface area contributed by atoms with E-state index in [1.807, 2.05) is 0 Å². The van der Waals surface area contributed by atoms with E-state index in [9.17, 15) is 0 Å². The maximum absolute atomic E-state index is 4.26. The molecule has 128 valence electrons. The molecule has 3 heterocycles. The minimum absolute atomic E-state index is 0.696. The van der Waals surface area contributed by atoms with Crippen LogP contribution in [0.25, 0.3) is 0 Å². The molecule has 0 saturated carbocycles. The first-order valence-corrected chi connectivity index (χ1v) is 8.99. The minimum atomic E-state index is 0.696. The number of aromatic nitrogens is 3. The first-order chi connectivity index (χ1) is 11.9. The predicted molar refractivity (Wildman–Crippen MR) is 94.9 cm³/mol. The summed E-state index contributed by atoms with van der Waals surface area (Å²) in [6, 6.07) is 11.6. The zero-order valence-electron chi connectivity index (χ0n) is 14.1. The van der Waals surface area contributed by atoms with Crippen molar-refractivity contribution in [3.05, 3.63) is 42.2 Å². The fraction of sp³-hybridized carbons (Fsp3) is 0.556. The molecule has 2 aromatic rings. The van der Waals surface area contributed by atoms with Gasteiger partial charge in [-0.3, -0.25) is 9.80 Å². The highest BCUT2D eigenvalue weighted by atomic mass is 15.4. The molecule has 0 unspecified atom stereocenters. The van der Waals surface area contributed by atoms with Gasteiger partial charge in [0.2, 0.25) is 5.95 Å². The third kappa shape index (κ3) is 3.60. The summed E-state index contributed by atoms with van der Waals surface area (Å²) in [5.41, 5.74) is 1.43. The highest BCUT2D eigenvalue weighted by Gasteiger charge is 2.28. The van der Waals surface area contributed by atoms with Gasteiger partial charge in [-0.1, -0.05) is 30.3 Å². The highest BCUT2D eigenvalue weighted by molar-refractivity contribution is 5.27. The van der Waals surface area contributed by atoms with Crippen molar-refractivity contribution < 1.29 is 0 Å². The van der Waals surface area contributed by atoms with Gasteiger partial charge in [-0.2, -0.15) is 10.1 Å². The monoisotopic (exact) mass is 326 g/mol. The molecule has 0 radical (unpaired) electrons. The van der Waals surface area contributed by atoms with Gasteiger partial charge in [0.25, 0.3) is 0 Å². The van der Waals surface area contributed by atoms with E-state index in [1.165, 1.54) is 31.5 Å². The molecule has 0 amide bonds. The number of aromatic amines is 1. The van der Waals surface area contributed by atoms with Crippen LogP contribution < -0.4 is 4.90 Å². The summed E-state index contributed by atoms with van der Waals surface area (Å²) in [5, 5.41) is 6.92. The molecule has 2 fully saturated rings. The second kappa shape index (κ2) is 7.32. The van der Waals surface area contributed by atoms with E-state index in [0.717, 1.165) is 38.7 Å². The summed E-state index contributed by atoms with van der Waals surface area (Å²) in [6.45, 7) is 7.78. The Morgan fingerprint density at radius 2 is 1.88 bits per heavy atom. The lowest BCUT2D eigenvalue weighted by Crippen LogP contribution is -2.50. The summed E-state index contributed by atoms with van der Waals surface area (Å²) < 4.78 is 0. The molecular weight excluding hydrogens is 300 g/mol. The standard InChI is InChI=1S/C18H26N6/c1-2-5-16(6-3-1)13-24-8-4-7-17(24)14-22-9-11-23(12-10-22)18-19-15-20-21-18/h1-3,5-6,15,17H,4,7-14H2,(H,19,20,21)/t17-/m1/s1. The van der Waals surface area contributed by atoms with Crippen molar-refractivity contribution in [2.45, 2.75) is 25.4 Å². The molecule has 1 aromatic heterocycles. The van der Waals surface area contributed by atoms with Crippen molar-refractivity contribution in [3.8, 4) is 0 Å². The fourth-order valence-electron chi connectivity index (χ4n) is 3.92. The van der Waals surface area contributed by atoms with Gasteiger partial charge in [-0.05, 0) is 24.9 Å². The molecule has 0 aliphatic carbocycles. The number of anilines is 1. The zero-order chi connectivity index (χ0) is 16.2. The van der Waals surface area contributed by atoms with Crippen LogP contribution in [0.3, 0.4) is 0 Å². The first-order valence-electron chi connectivity index (χ1n) is 8.99. The molecule has 6 heteroatoms. The Labute approximate surface area is 143 Å². The SMILES string of the molecule is c1ccc(CN2CCC[C@@H]2CN2CCN(c3ncn[nH]3)CC2)cc1. The van der Waals surface area contributed by atoms with Crippen LogP contribution in [-0.2, 0) is 6.54 Å². The normalized spacial score (nSPS) is 23.0. The van der Waals surface area contributed by atoms with E-state index < -0.39 is 0 Å². The molecule has 1 aromatic carbocycles. The summed E-state index contributed by atoms with van der Waals surface area (Å²) in [4.78, 5) is 11.8. The van der Waals surface area contributed by atoms with Crippen molar-refractivity contribution in [1.82, 2.24) is 25.0 Å². The van der Waals surface area contributed by atoms with Gasteiger partial charge in [0, 0.05) is 45.3 Å². The van der Waals surface area contributed by atoms with Crippen LogP contribution in [0.2, 0.25) is 0 Å². The number of H-pyrrole nitrogens is 1. The lowest BCUT2D eigenvalue weighted by molar-refractivity contribution is 0.161. The van der Waals surface area contributed by atoms with Gasteiger partial charge >= 0.3 is 0 Å². The van der Waals surface area contributed by atoms with Gasteiger partial charge < -0.3 is 4.90 Å². The average molecular weight is 326 g/mol. The number of nitrogens with one attached hydrogen (secondary N) is 1. The third-order valence-corrected chi connectivity index (χ3v) is 5.27. The number of nitrogens with zero attached hydrogens (tertiary/aromatic N) is 5. The summed E-state index contributed by atoms with van der Waals surface area (Å²) in [6.07, 6.45) is 4.24. The van der Waals surface area contributed by atoms with E-state index in [4.69, 9.17) is 0 Å². The Balaban J connectivity index is 1.29. The van der Waals surface area contributed by atoms with E-state index in [1.54, 1.807) is 6.33 Å². The van der Waals surface area contributed by atoms with E-state index >= 15 is 0 Å². The molecule has 0 spiro atoms. The summed E-state index contributed by atoms with van der Waals surface area (Å²) in [5.74, 6) is 0.904.